The number of ether oxygens (including phenoxy) is 2. The van der Waals surface area contributed by atoms with Crippen LogP contribution in [0.15, 0.2) is 0 Å². The number of carbonyl (C=O) groups excluding carboxylic acids is 1. The van der Waals surface area contributed by atoms with E-state index in [1.807, 2.05) is 24.8 Å². The van der Waals surface area contributed by atoms with Gasteiger partial charge >= 0.3 is 5.97 Å². The number of methoxy groups -OCH3 is 1. The molecule has 1 aromatic rings. The monoisotopic (exact) mass is 295 g/mol. The molecule has 0 aliphatic carbocycles. The van der Waals surface area contributed by atoms with Gasteiger partial charge in [0.05, 0.1) is 25.0 Å². The van der Waals surface area contributed by atoms with E-state index in [9.17, 15) is 4.79 Å². The molecule has 7 heteroatoms. The third-order valence-corrected chi connectivity index (χ3v) is 4.30. The van der Waals surface area contributed by atoms with E-state index in [2.05, 4.69) is 0 Å². The molecule has 1 aliphatic rings. The van der Waals surface area contributed by atoms with Crippen LogP contribution < -0.4 is 10.6 Å². The summed E-state index contributed by atoms with van der Waals surface area (Å²) in [4.78, 5) is 14.3. The Morgan fingerprint density at radius 1 is 1.50 bits per heavy atom. The summed E-state index contributed by atoms with van der Waals surface area (Å²) in [7, 11) is 1.31. The highest BCUT2D eigenvalue weighted by atomic mass is 32.1. The van der Waals surface area contributed by atoms with E-state index in [0.29, 0.717) is 23.0 Å². The molecule has 0 spiro atoms. The van der Waals surface area contributed by atoms with E-state index in [1.165, 1.54) is 18.4 Å². The zero-order chi connectivity index (χ0) is 14.9. The number of anilines is 2. The van der Waals surface area contributed by atoms with Gasteiger partial charge in [0.2, 0.25) is 0 Å². The Balaban J connectivity index is 2.45. The van der Waals surface area contributed by atoms with Crippen LogP contribution in [-0.2, 0) is 9.47 Å². The van der Waals surface area contributed by atoms with Crippen LogP contribution in [0.25, 0.3) is 0 Å². The van der Waals surface area contributed by atoms with Gasteiger partial charge in [-0.2, -0.15) is 5.26 Å². The number of hydrogen-bond acceptors (Lipinski definition) is 7. The molecule has 2 N–H and O–H groups in total. The first-order chi connectivity index (χ1) is 9.47. The molecule has 0 radical (unpaired) electrons. The molecular weight excluding hydrogens is 278 g/mol. The zero-order valence-corrected chi connectivity index (χ0v) is 12.5. The van der Waals surface area contributed by atoms with Gasteiger partial charge < -0.3 is 20.1 Å². The minimum absolute atomic E-state index is 0.0538. The topological polar surface area (TPSA) is 88.6 Å². The van der Waals surface area contributed by atoms with Crippen molar-refractivity contribution in [2.45, 2.75) is 26.1 Å². The molecule has 0 amide bonds. The first-order valence-electron chi connectivity index (χ1n) is 6.29. The number of nitrogen functional groups attached to an aromatic ring is 1. The molecule has 6 nitrogen and oxygen atoms in total. The maximum atomic E-state index is 11.9. The van der Waals surface area contributed by atoms with Crippen LogP contribution in [0, 0.1) is 11.3 Å². The molecule has 0 bridgehead atoms. The summed E-state index contributed by atoms with van der Waals surface area (Å²) in [5.41, 5.74) is 6.38. The molecular formula is C13H17N3O3S. The lowest BCUT2D eigenvalue weighted by Gasteiger charge is -2.36. The molecule has 1 aliphatic heterocycles. The number of carbonyl (C=O) groups is 1. The number of esters is 1. The van der Waals surface area contributed by atoms with Gasteiger partial charge in [-0.05, 0) is 13.8 Å². The minimum atomic E-state index is -0.512. The van der Waals surface area contributed by atoms with Crippen molar-refractivity contribution < 1.29 is 14.3 Å². The zero-order valence-electron chi connectivity index (χ0n) is 11.7. The van der Waals surface area contributed by atoms with Crippen LogP contribution in [-0.4, -0.2) is 38.4 Å². The largest absolute Gasteiger partial charge is 0.465 e. The second-order valence-electron chi connectivity index (χ2n) is 4.79. The van der Waals surface area contributed by atoms with Crippen molar-refractivity contribution in [1.82, 2.24) is 0 Å². The van der Waals surface area contributed by atoms with E-state index in [0.717, 1.165) is 0 Å². The number of morpholine rings is 1. The Labute approximate surface area is 121 Å². The van der Waals surface area contributed by atoms with Gasteiger partial charge in [0, 0.05) is 13.1 Å². The Morgan fingerprint density at radius 3 is 2.60 bits per heavy atom. The lowest BCUT2D eigenvalue weighted by molar-refractivity contribution is -0.00511. The minimum Gasteiger partial charge on any atom is -0.465 e. The summed E-state index contributed by atoms with van der Waals surface area (Å²) >= 11 is 1.22. The highest BCUT2D eigenvalue weighted by Crippen LogP contribution is 2.39. The molecule has 0 saturated carbocycles. The van der Waals surface area contributed by atoms with E-state index in [-0.39, 0.29) is 23.5 Å². The van der Waals surface area contributed by atoms with Gasteiger partial charge in [-0.15, -0.1) is 11.3 Å². The molecule has 0 aromatic carbocycles. The number of hydrogen-bond donors (Lipinski definition) is 1. The predicted molar refractivity (Wildman–Crippen MR) is 77.0 cm³/mol. The van der Waals surface area contributed by atoms with Gasteiger partial charge in [-0.3, -0.25) is 0 Å². The molecule has 2 heterocycles. The predicted octanol–water partition coefficient (Wildman–Crippen LogP) is 1.60. The molecule has 2 unspecified atom stereocenters. The average Bonchev–Trinajstić information content (AvgIpc) is 2.73. The van der Waals surface area contributed by atoms with Gasteiger partial charge in [0.15, 0.2) is 0 Å². The Bertz CT molecular complexity index is 554. The third kappa shape index (κ3) is 2.57. The molecule has 1 aromatic heterocycles. The number of nitrogens with two attached hydrogens (primary N) is 1. The second kappa shape index (κ2) is 5.69. The van der Waals surface area contributed by atoms with E-state index in [4.69, 9.17) is 20.5 Å². The van der Waals surface area contributed by atoms with Gasteiger partial charge in [0.1, 0.15) is 21.5 Å². The van der Waals surface area contributed by atoms with Gasteiger partial charge in [-0.1, -0.05) is 0 Å². The fourth-order valence-corrected chi connectivity index (χ4v) is 3.40. The van der Waals surface area contributed by atoms with Crippen LogP contribution in [0.3, 0.4) is 0 Å². The van der Waals surface area contributed by atoms with E-state index >= 15 is 0 Å². The normalized spacial score (nSPS) is 22.4. The third-order valence-electron chi connectivity index (χ3n) is 3.12. The summed E-state index contributed by atoms with van der Waals surface area (Å²) in [5.74, 6) is -0.512. The van der Waals surface area contributed by atoms with Crippen molar-refractivity contribution in [3.05, 3.63) is 10.4 Å². The highest BCUT2D eigenvalue weighted by molar-refractivity contribution is 7.17. The summed E-state index contributed by atoms with van der Waals surface area (Å²) in [6.45, 7) is 5.25. The fraction of sp³-hybridized carbons (Fsp3) is 0.538. The molecule has 1 fully saturated rings. The van der Waals surface area contributed by atoms with E-state index < -0.39 is 5.97 Å². The molecule has 2 rings (SSSR count). The fourth-order valence-electron chi connectivity index (χ4n) is 2.38. The Kier molecular flexibility index (Phi) is 4.16. The second-order valence-corrected chi connectivity index (χ2v) is 5.79. The summed E-state index contributed by atoms with van der Waals surface area (Å²) < 4.78 is 10.5. The van der Waals surface area contributed by atoms with Crippen molar-refractivity contribution in [2.75, 3.05) is 30.8 Å². The van der Waals surface area contributed by atoms with Gasteiger partial charge in [0.25, 0.3) is 0 Å². The lowest BCUT2D eigenvalue weighted by atomic mass is 10.2. The smallest absolute Gasteiger partial charge is 0.343 e. The molecule has 20 heavy (non-hydrogen) atoms. The molecule has 2 atom stereocenters. The summed E-state index contributed by atoms with van der Waals surface area (Å²) in [5, 5.41) is 9.79. The quantitative estimate of drug-likeness (QED) is 0.834. The van der Waals surface area contributed by atoms with Crippen molar-refractivity contribution in [1.29, 1.82) is 5.26 Å². The SMILES string of the molecule is COC(=O)c1c(N2CC(C)OC(C)C2)sc(C#N)c1N. The van der Waals surface area contributed by atoms with Crippen LogP contribution >= 0.6 is 11.3 Å². The van der Waals surface area contributed by atoms with E-state index in [1.54, 1.807) is 0 Å². The number of thiophene rings is 1. The maximum Gasteiger partial charge on any atom is 0.343 e. The van der Waals surface area contributed by atoms with Crippen LogP contribution in [0.1, 0.15) is 29.1 Å². The van der Waals surface area contributed by atoms with Crippen molar-refractivity contribution in [3.63, 3.8) is 0 Å². The summed E-state index contributed by atoms with van der Waals surface area (Å²) in [6.07, 6.45) is 0.108. The first kappa shape index (κ1) is 14.6. The van der Waals surface area contributed by atoms with Gasteiger partial charge in [-0.25, -0.2) is 4.79 Å². The standard InChI is InChI=1S/C13H17N3O3S/c1-7-5-16(6-8(2)19-7)12-10(13(17)18-3)11(15)9(4-14)20-12/h7-8H,5-6,15H2,1-3H3. The lowest BCUT2D eigenvalue weighted by Crippen LogP contribution is -2.45. The number of nitriles is 1. The Hall–Kier alpha value is -1.78. The molecule has 1 saturated heterocycles. The average molecular weight is 295 g/mol. The Morgan fingerprint density at radius 2 is 2.10 bits per heavy atom. The van der Waals surface area contributed by atoms with Crippen molar-refractivity contribution in [3.8, 4) is 6.07 Å². The van der Waals surface area contributed by atoms with Crippen molar-refractivity contribution >= 4 is 28.0 Å². The molecule has 108 valence electrons. The number of rotatable bonds is 2. The van der Waals surface area contributed by atoms with Crippen LogP contribution in [0.2, 0.25) is 0 Å². The summed E-state index contributed by atoms with van der Waals surface area (Å²) in [6, 6.07) is 2.02. The highest BCUT2D eigenvalue weighted by Gasteiger charge is 2.30. The van der Waals surface area contributed by atoms with Crippen molar-refractivity contribution in [2.24, 2.45) is 0 Å². The van der Waals surface area contributed by atoms with Crippen LogP contribution in [0.4, 0.5) is 10.7 Å². The number of nitrogens with zero attached hydrogens (tertiary/aromatic N) is 2. The van der Waals surface area contributed by atoms with Crippen LogP contribution in [0.5, 0.6) is 0 Å². The maximum absolute atomic E-state index is 11.9. The first-order valence-corrected chi connectivity index (χ1v) is 7.10.